The van der Waals surface area contributed by atoms with Gasteiger partial charge in [0.25, 0.3) is 23.6 Å². The van der Waals surface area contributed by atoms with Gasteiger partial charge in [-0.25, -0.2) is 9.59 Å². The molecule has 4 aromatic rings. The zero-order valence-electron chi connectivity index (χ0n) is 32.8. The van der Waals surface area contributed by atoms with Crippen LogP contribution in [0.2, 0.25) is 0 Å². The average molecular weight is 851 g/mol. The fourth-order valence-electron chi connectivity index (χ4n) is 7.79. The van der Waals surface area contributed by atoms with E-state index in [1.54, 1.807) is 72.8 Å². The highest BCUT2D eigenvalue weighted by atomic mass is 32.1. The van der Waals surface area contributed by atoms with Gasteiger partial charge in [-0.1, -0.05) is 67.1 Å². The Labute approximate surface area is 357 Å². The van der Waals surface area contributed by atoms with Crippen LogP contribution in [-0.4, -0.2) is 45.6 Å². The normalized spacial score (nSPS) is 18.5. The van der Waals surface area contributed by atoms with Gasteiger partial charge in [-0.15, -0.1) is 22.7 Å². The Balaban J connectivity index is 1.15. The molecule has 1 spiro atoms. The molecule has 2 aromatic carbocycles. The molecule has 0 N–H and O–H groups in total. The number of carbonyl (C=O) groups excluding carboxylic acids is 6. The number of ether oxygens (including phenoxy) is 3. The van der Waals surface area contributed by atoms with Gasteiger partial charge in [-0.2, -0.15) is 20.3 Å². The summed E-state index contributed by atoms with van der Waals surface area (Å²) >= 11 is 2.67. The van der Waals surface area contributed by atoms with E-state index in [9.17, 15) is 39.3 Å². The molecule has 0 saturated heterocycles. The van der Waals surface area contributed by atoms with Gasteiger partial charge in [0.2, 0.25) is 0 Å². The molecule has 3 aliphatic heterocycles. The van der Waals surface area contributed by atoms with Crippen molar-refractivity contribution in [3.63, 3.8) is 0 Å². The van der Waals surface area contributed by atoms with Gasteiger partial charge in [0, 0.05) is 26.5 Å². The number of nitrogens with zero attached hydrogens (tertiary/aromatic N) is 4. The van der Waals surface area contributed by atoms with Crippen molar-refractivity contribution >= 4 is 70.6 Å². The summed E-state index contributed by atoms with van der Waals surface area (Å²) < 4.78 is 17.5. The lowest BCUT2D eigenvalue weighted by molar-refractivity contribution is -0.140. The van der Waals surface area contributed by atoms with Crippen LogP contribution < -0.4 is 4.74 Å². The van der Waals surface area contributed by atoms with Crippen LogP contribution in [0.15, 0.2) is 106 Å². The number of fused-ring (bicyclic) bond motifs is 4. The third-order valence-corrected chi connectivity index (χ3v) is 13.3. The van der Waals surface area contributed by atoms with Crippen LogP contribution in [0.1, 0.15) is 72.4 Å². The summed E-state index contributed by atoms with van der Waals surface area (Å²) in [7, 11) is 0. The molecule has 13 nitrogen and oxygen atoms in total. The summed E-state index contributed by atoms with van der Waals surface area (Å²) in [6.45, 7) is 2.58. The monoisotopic (exact) mass is 850 g/mol. The Morgan fingerprint density at radius 1 is 0.689 bits per heavy atom. The lowest BCUT2D eigenvalue weighted by atomic mass is 9.78. The summed E-state index contributed by atoms with van der Waals surface area (Å²) in [5.41, 5.74) is 0.919. The minimum Gasteiger partial charge on any atom is -0.481 e. The van der Waals surface area contributed by atoms with Crippen molar-refractivity contribution in [1.82, 2.24) is 9.80 Å². The highest BCUT2D eigenvalue weighted by Crippen LogP contribution is 2.57. The third kappa shape index (κ3) is 7.39. The van der Waals surface area contributed by atoms with Crippen LogP contribution in [0.3, 0.4) is 0 Å². The van der Waals surface area contributed by atoms with E-state index in [4.69, 9.17) is 14.2 Å². The smallest absolute Gasteiger partial charge is 0.424 e. The molecule has 61 heavy (non-hydrogen) atoms. The Kier molecular flexibility index (Phi) is 10.9. The minimum atomic E-state index is -1.21. The van der Waals surface area contributed by atoms with Crippen LogP contribution in [-0.2, 0) is 47.5 Å². The maximum Gasteiger partial charge on any atom is 0.424 e. The number of hydrogen-bond donors (Lipinski definition) is 0. The number of benzene rings is 2. The van der Waals surface area contributed by atoms with Crippen LogP contribution in [0.25, 0.3) is 21.9 Å². The largest absolute Gasteiger partial charge is 0.481 e. The van der Waals surface area contributed by atoms with Crippen molar-refractivity contribution in [3.05, 3.63) is 133 Å². The van der Waals surface area contributed by atoms with Crippen LogP contribution >= 0.6 is 22.7 Å². The predicted octanol–water partition coefficient (Wildman–Crippen LogP) is 8.89. The van der Waals surface area contributed by atoms with E-state index in [1.807, 2.05) is 18.2 Å². The number of imide groups is 6. The highest BCUT2D eigenvalue weighted by Gasteiger charge is 2.46. The first kappa shape index (κ1) is 40.6. The molecule has 6 amide bonds. The molecule has 0 atom stereocenters. The van der Waals surface area contributed by atoms with Gasteiger partial charge in [0.05, 0.1) is 9.75 Å². The molecule has 0 unspecified atom stereocenters. The second kappa shape index (κ2) is 16.5. The lowest BCUT2D eigenvalue weighted by Crippen LogP contribution is -2.46. The van der Waals surface area contributed by atoms with Crippen molar-refractivity contribution in [1.29, 1.82) is 10.5 Å². The van der Waals surface area contributed by atoms with Gasteiger partial charge in [0.15, 0.2) is 0 Å². The van der Waals surface area contributed by atoms with E-state index in [0.717, 1.165) is 34.6 Å². The summed E-state index contributed by atoms with van der Waals surface area (Å²) in [5, 5.41) is 19.9. The van der Waals surface area contributed by atoms with E-state index < -0.39 is 41.4 Å². The molecule has 8 rings (SSSR count). The van der Waals surface area contributed by atoms with Gasteiger partial charge >= 0.3 is 12.2 Å². The average Bonchev–Trinajstić information content (AvgIpc) is 3.88. The molecule has 0 radical (unpaired) electrons. The second-order valence-electron chi connectivity index (χ2n) is 14.7. The Morgan fingerprint density at radius 2 is 1.15 bits per heavy atom. The zero-order valence-corrected chi connectivity index (χ0v) is 34.4. The summed E-state index contributed by atoms with van der Waals surface area (Å²) in [6, 6.07) is 24.9. The highest BCUT2D eigenvalue weighted by molar-refractivity contribution is 7.23. The topological polar surface area (TPSA) is 184 Å². The number of rotatable bonds is 6. The molecule has 1 fully saturated rings. The number of amides is 6. The molecular weight excluding hydrogens is 817 g/mol. The first-order chi connectivity index (χ1) is 29.4. The predicted molar refractivity (Wildman–Crippen MR) is 223 cm³/mol. The van der Waals surface area contributed by atoms with E-state index >= 15 is 0 Å². The van der Waals surface area contributed by atoms with E-state index in [2.05, 4.69) is 0 Å². The Morgan fingerprint density at radius 3 is 1.62 bits per heavy atom. The molecule has 304 valence electrons. The summed E-state index contributed by atoms with van der Waals surface area (Å²) in [4.78, 5) is 84.3. The first-order valence-electron chi connectivity index (χ1n) is 19.3. The number of hydrogen-bond acceptors (Lipinski definition) is 13. The summed E-state index contributed by atoms with van der Waals surface area (Å²) in [5.74, 6) is -3.44. The molecule has 1 aliphatic carbocycles. The fourth-order valence-corrected chi connectivity index (χ4v) is 10.2. The van der Waals surface area contributed by atoms with Gasteiger partial charge in [-0.3, -0.25) is 19.2 Å². The quantitative estimate of drug-likeness (QED) is 0.133. The SMILES string of the molecule is CC1=C(C#N)C(=O)N(C(=O)OCc2ccccc2)C(=O)/C1=C\c1cc2c(s1)-c1sc(/C=C3\C(=O)N(C(=O)OCc4ccccc4)C(=O)C(C#N)=C3C)cc1C1(CCCCC1)O2. The minimum absolute atomic E-state index is 0.0189. The molecule has 2 aromatic heterocycles. The van der Waals surface area contributed by atoms with E-state index in [-0.39, 0.29) is 46.7 Å². The van der Waals surface area contributed by atoms with Crippen molar-refractivity contribution in [2.24, 2.45) is 0 Å². The standard InChI is InChI=1S/C46H34N4O9S2/c1-26-32(40(51)49(42(53)34(26)22-47)44(55)57-24-28-12-6-3-7-13-28)18-30-20-36-38(60-30)39-37(59-46(36)16-10-5-11-17-46)21-31(61-39)19-33-27(2)35(23-48)43(54)50(41(33)52)45(56)58-25-29-14-8-4-9-15-29/h3-4,6-9,12-15,18-21H,5,10-11,16-17,24-25H2,1-2H3/b32-18-,33-19-. The Hall–Kier alpha value is -7.20. The number of thiophene rings is 2. The molecule has 0 bridgehead atoms. The summed E-state index contributed by atoms with van der Waals surface area (Å²) in [6.07, 6.45) is 4.92. The van der Waals surface area contributed by atoms with E-state index in [0.29, 0.717) is 49.3 Å². The van der Waals surface area contributed by atoms with Crippen LogP contribution in [0.5, 0.6) is 5.75 Å². The molecule has 1 saturated carbocycles. The molecular formula is C46H34N4O9S2. The lowest BCUT2D eigenvalue weighted by Gasteiger charge is -2.40. The van der Waals surface area contributed by atoms with Gasteiger partial charge in [0.1, 0.15) is 47.8 Å². The second-order valence-corrected chi connectivity index (χ2v) is 16.9. The zero-order chi connectivity index (χ0) is 43.0. The van der Waals surface area contributed by atoms with E-state index in [1.165, 1.54) is 42.6 Å². The van der Waals surface area contributed by atoms with Crippen molar-refractivity contribution in [2.75, 3.05) is 0 Å². The maximum atomic E-state index is 13.9. The fraction of sp³-hybridized carbons (Fsp3) is 0.217. The number of nitriles is 2. The Bertz CT molecular complexity index is 2770. The maximum absolute atomic E-state index is 13.9. The van der Waals surface area contributed by atoms with Crippen molar-refractivity contribution in [2.45, 2.75) is 64.8 Å². The molecule has 15 heteroatoms. The van der Waals surface area contributed by atoms with Crippen molar-refractivity contribution < 1.29 is 43.0 Å². The van der Waals surface area contributed by atoms with Crippen molar-refractivity contribution in [3.8, 4) is 27.6 Å². The van der Waals surface area contributed by atoms with Crippen LogP contribution in [0, 0.1) is 22.7 Å². The molecule has 4 aliphatic rings. The number of carbonyl (C=O) groups is 6. The first-order valence-corrected chi connectivity index (χ1v) is 20.9. The third-order valence-electron chi connectivity index (χ3n) is 11.0. The van der Waals surface area contributed by atoms with Gasteiger partial charge in [-0.05, 0) is 86.1 Å². The van der Waals surface area contributed by atoms with Gasteiger partial charge < -0.3 is 14.2 Å². The molecule has 5 heterocycles. The van der Waals surface area contributed by atoms with Crippen LogP contribution in [0.4, 0.5) is 9.59 Å².